The van der Waals surface area contributed by atoms with Crippen molar-refractivity contribution >= 4 is 33.1 Å². The Morgan fingerprint density at radius 3 is 2.88 bits per heavy atom. The Balaban J connectivity index is 2.02. The maximum absolute atomic E-state index is 12.6. The van der Waals surface area contributed by atoms with E-state index in [-0.39, 0.29) is 28.4 Å². The molecular formula is C16H24N2O4S2. The molecule has 1 aromatic rings. The first kappa shape index (κ1) is 19.1. The minimum Gasteiger partial charge on any atom is -0.346 e. The number of hydrogen-bond acceptors (Lipinski definition) is 5. The van der Waals surface area contributed by atoms with E-state index in [1.165, 1.54) is 4.31 Å². The molecule has 2 rings (SSSR count). The second-order valence-electron chi connectivity index (χ2n) is 6.22. The molecule has 8 heteroatoms. The molecule has 1 aliphatic heterocycles. The van der Waals surface area contributed by atoms with Crippen LogP contribution in [0.4, 0.5) is 0 Å². The zero-order valence-electron chi connectivity index (χ0n) is 14.0. The lowest BCUT2D eigenvalue weighted by molar-refractivity contribution is -0.128. The van der Waals surface area contributed by atoms with Crippen LogP contribution in [0, 0.1) is 5.92 Å². The number of sulfonamides is 1. The first-order valence-corrected chi connectivity index (χ1v) is 10.5. The summed E-state index contributed by atoms with van der Waals surface area (Å²) in [5, 5.41) is 4.47. The first-order chi connectivity index (χ1) is 11.3. The Bertz CT molecular complexity index is 670. The van der Waals surface area contributed by atoms with Crippen molar-refractivity contribution < 1.29 is 18.0 Å². The predicted octanol–water partition coefficient (Wildman–Crippen LogP) is 2.02. The summed E-state index contributed by atoms with van der Waals surface area (Å²) in [6.45, 7) is 4.12. The normalized spacial score (nSPS) is 21.2. The summed E-state index contributed by atoms with van der Waals surface area (Å²) < 4.78 is 26.6. The largest absolute Gasteiger partial charge is 0.346 e. The molecule has 1 aromatic heterocycles. The highest BCUT2D eigenvalue weighted by molar-refractivity contribution is 7.91. The van der Waals surface area contributed by atoms with Crippen molar-refractivity contribution in [3.63, 3.8) is 0 Å². The van der Waals surface area contributed by atoms with Gasteiger partial charge in [-0.25, -0.2) is 8.42 Å². The smallest absolute Gasteiger partial charge is 0.252 e. The number of thiophene rings is 1. The number of ketones is 1. The summed E-state index contributed by atoms with van der Waals surface area (Å²) in [5.74, 6) is -0.121. The predicted molar refractivity (Wildman–Crippen MR) is 93.3 cm³/mol. The minimum atomic E-state index is -3.63. The number of nitrogens with zero attached hydrogens (tertiary/aromatic N) is 1. The third-order valence-electron chi connectivity index (χ3n) is 4.28. The highest BCUT2D eigenvalue weighted by atomic mass is 32.2. The maximum atomic E-state index is 12.6. The van der Waals surface area contributed by atoms with Crippen LogP contribution in [0.5, 0.6) is 0 Å². The van der Waals surface area contributed by atoms with E-state index >= 15 is 0 Å². The standard InChI is InChI=1S/C16H24N2O4S2/c1-3-12(2)10-15(20)17-13-6-4-8-18(11-14(13)19)24(21,22)16-7-5-9-23-16/h5,7,9,12-13H,3-4,6,8,10-11H2,1-2H3,(H,17,20)/t12-,13?/m0/s1. The second kappa shape index (κ2) is 8.22. The molecule has 6 nitrogen and oxygen atoms in total. The molecule has 0 radical (unpaired) electrons. The van der Waals surface area contributed by atoms with Gasteiger partial charge >= 0.3 is 0 Å². The molecule has 1 N–H and O–H groups in total. The van der Waals surface area contributed by atoms with Gasteiger partial charge in [0.25, 0.3) is 10.0 Å². The number of Topliss-reactive ketones (excluding diaryl/α,β-unsaturated/α-hetero) is 1. The molecule has 0 spiro atoms. The summed E-state index contributed by atoms with van der Waals surface area (Å²) in [7, 11) is -3.63. The molecule has 2 heterocycles. The van der Waals surface area contributed by atoms with Crippen LogP contribution >= 0.6 is 11.3 Å². The summed E-state index contributed by atoms with van der Waals surface area (Å²) >= 11 is 1.14. The van der Waals surface area contributed by atoms with Gasteiger partial charge in [0.15, 0.2) is 5.78 Å². The number of rotatable bonds is 6. The number of amides is 1. The third-order valence-corrected chi connectivity index (χ3v) is 7.49. The molecule has 0 saturated carbocycles. The number of carbonyl (C=O) groups is 2. The van der Waals surface area contributed by atoms with E-state index in [0.717, 1.165) is 17.8 Å². The van der Waals surface area contributed by atoms with Crippen LogP contribution in [-0.2, 0) is 19.6 Å². The van der Waals surface area contributed by atoms with E-state index in [9.17, 15) is 18.0 Å². The van der Waals surface area contributed by atoms with Crippen molar-refractivity contribution in [1.82, 2.24) is 9.62 Å². The van der Waals surface area contributed by atoms with Crippen molar-refractivity contribution in [2.75, 3.05) is 13.1 Å². The molecule has 0 aliphatic carbocycles. The fraction of sp³-hybridized carbons (Fsp3) is 0.625. The summed E-state index contributed by atoms with van der Waals surface area (Å²) in [4.78, 5) is 24.4. The topological polar surface area (TPSA) is 83.6 Å². The Morgan fingerprint density at radius 1 is 1.50 bits per heavy atom. The Labute approximate surface area is 147 Å². The van der Waals surface area contributed by atoms with Gasteiger partial charge in [0.05, 0.1) is 12.6 Å². The zero-order valence-corrected chi connectivity index (χ0v) is 15.7. The highest BCUT2D eigenvalue weighted by Gasteiger charge is 2.33. The van der Waals surface area contributed by atoms with Gasteiger partial charge in [0, 0.05) is 13.0 Å². The maximum Gasteiger partial charge on any atom is 0.252 e. The minimum absolute atomic E-state index is 0.141. The average Bonchev–Trinajstić information content (AvgIpc) is 3.01. The summed E-state index contributed by atoms with van der Waals surface area (Å²) in [6.07, 6.45) is 2.31. The Morgan fingerprint density at radius 2 is 2.25 bits per heavy atom. The summed E-state index contributed by atoms with van der Waals surface area (Å²) in [5.41, 5.74) is 0. The van der Waals surface area contributed by atoms with E-state index < -0.39 is 16.1 Å². The number of hydrogen-bond donors (Lipinski definition) is 1. The van der Waals surface area contributed by atoms with Crippen molar-refractivity contribution in [3.05, 3.63) is 17.5 Å². The van der Waals surface area contributed by atoms with Gasteiger partial charge < -0.3 is 5.32 Å². The van der Waals surface area contributed by atoms with Gasteiger partial charge in [-0.1, -0.05) is 26.3 Å². The van der Waals surface area contributed by atoms with E-state index in [0.29, 0.717) is 25.8 Å². The van der Waals surface area contributed by atoms with Crippen LogP contribution in [0.15, 0.2) is 21.7 Å². The quantitative estimate of drug-likeness (QED) is 0.828. The lowest BCUT2D eigenvalue weighted by Crippen LogP contribution is -2.44. The van der Waals surface area contributed by atoms with Gasteiger partial charge in [-0.2, -0.15) is 4.31 Å². The lowest BCUT2D eigenvalue weighted by atomic mass is 10.0. The number of carbonyl (C=O) groups excluding carboxylic acids is 2. The van der Waals surface area contributed by atoms with E-state index in [1.54, 1.807) is 17.5 Å². The summed E-state index contributed by atoms with van der Waals surface area (Å²) in [6, 6.07) is 2.63. The number of nitrogens with one attached hydrogen (secondary N) is 1. The molecule has 1 fully saturated rings. The van der Waals surface area contributed by atoms with Gasteiger partial charge in [0.1, 0.15) is 4.21 Å². The molecule has 1 saturated heterocycles. The molecule has 1 aliphatic rings. The van der Waals surface area contributed by atoms with E-state index in [4.69, 9.17) is 0 Å². The fourth-order valence-electron chi connectivity index (χ4n) is 2.61. The van der Waals surface area contributed by atoms with Crippen molar-refractivity contribution in [1.29, 1.82) is 0 Å². The lowest BCUT2D eigenvalue weighted by Gasteiger charge is -2.19. The second-order valence-corrected chi connectivity index (χ2v) is 9.33. The van der Waals surface area contributed by atoms with Gasteiger partial charge in [-0.05, 0) is 30.2 Å². The highest BCUT2D eigenvalue weighted by Crippen LogP contribution is 2.23. The molecule has 24 heavy (non-hydrogen) atoms. The SMILES string of the molecule is CC[C@H](C)CC(=O)NC1CCCN(S(=O)(=O)c2cccs2)CC1=O. The Hall–Kier alpha value is -1.25. The molecule has 1 amide bonds. The zero-order chi connectivity index (χ0) is 17.7. The fourth-order valence-corrected chi connectivity index (χ4v) is 5.19. The van der Waals surface area contributed by atoms with Crippen molar-refractivity contribution in [2.45, 2.75) is 49.8 Å². The van der Waals surface area contributed by atoms with Gasteiger partial charge in [-0.3, -0.25) is 9.59 Å². The molecule has 0 bridgehead atoms. The van der Waals surface area contributed by atoms with Crippen LogP contribution in [0.25, 0.3) is 0 Å². The molecule has 0 aromatic carbocycles. The Kier molecular flexibility index (Phi) is 6.54. The van der Waals surface area contributed by atoms with E-state index in [1.807, 2.05) is 13.8 Å². The molecule has 2 atom stereocenters. The first-order valence-electron chi connectivity index (χ1n) is 8.20. The average molecular weight is 373 g/mol. The molecule has 1 unspecified atom stereocenters. The van der Waals surface area contributed by atoms with Crippen molar-refractivity contribution in [3.8, 4) is 0 Å². The third kappa shape index (κ3) is 4.64. The van der Waals surface area contributed by atoms with E-state index in [2.05, 4.69) is 5.32 Å². The van der Waals surface area contributed by atoms with Crippen LogP contribution in [0.3, 0.4) is 0 Å². The van der Waals surface area contributed by atoms with Gasteiger partial charge in [-0.15, -0.1) is 11.3 Å². The van der Waals surface area contributed by atoms with Crippen molar-refractivity contribution in [2.24, 2.45) is 5.92 Å². The molecule has 134 valence electrons. The van der Waals surface area contributed by atoms with Crippen LogP contribution in [-0.4, -0.2) is 43.5 Å². The van der Waals surface area contributed by atoms with Crippen LogP contribution in [0.1, 0.15) is 39.5 Å². The van der Waals surface area contributed by atoms with Crippen LogP contribution < -0.4 is 5.32 Å². The molecular weight excluding hydrogens is 348 g/mol. The van der Waals surface area contributed by atoms with Gasteiger partial charge in [0.2, 0.25) is 5.91 Å². The monoisotopic (exact) mass is 372 g/mol. The van der Waals surface area contributed by atoms with Crippen LogP contribution in [0.2, 0.25) is 0 Å².